The van der Waals surface area contributed by atoms with E-state index in [1.165, 1.54) is 23.9 Å². The number of benzene rings is 1. The standard InChI is InChI=1S/C14H15F3N4O2/c1-23-7-6-13-19-12(8-11(18)22)20-21(13)10-4-2-9(3-5-10)14(15,16)17/h2-5H,6-8H2,1H3,(H2,18,22). The summed E-state index contributed by atoms with van der Waals surface area (Å²) in [6, 6.07) is 4.51. The fraction of sp³-hybridized carbons (Fsp3) is 0.357. The largest absolute Gasteiger partial charge is 0.416 e. The Kier molecular flexibility index (Phi) is 4.99. The van der Waals surface area contributed by atoms with Crippen LogP contribution in [0.2, 0.25) is 0 Å². The van der Waals surface area contributed by atoms with Crippen molar-refractivity contribution >= 4 is 5.91 Å². The van der Waals surface area contributed by atoms with E-state index in [1.54, 1.807) is 0 Å². The molecule has 2 rings (SSSR count). The summed E-state index contributed by atoms with van der Waals surface area (Å²) in [5, 5.41) is 4.13. The Morgan fingerprint density at radius 3 is 2.48 bits per heavy atom. The van der Waals surface area contributed by atoms with Crippen molar-refractivity contribution in [2.45, 2.75) is 19.0 Å². The zero-order valence-corrected chi connectivity index (χ0v) is 12.3. The number of methoxy groups -OCH3 is 1. The van der Waals surface area contributed by atoms with Gasteiger partial charge in [0.1, 0.15) is 5.82 Å². The minimum absolute atomic E-state index is 0.145. The Morgan fingerprint density at radius 2 is 1.96 bits per heavy atom. The molecule has 1 heterocycles. The smallest absolute Gasteiger partial charge is 0.384 e. The third-order valence-corrected chi connectivity index (χ3v) is 3.02. The molecule has 0 radical (unpaired) electrons. The van der Waals surface area contributed by atoms with Gasteiger partial charge >= 0.3 is 6.18 Å². The van der Waals surface area contributed by atoms with Crippen molar-refractivity contribution in [1.29, 1.82) is 0 Å². The van der Waals surface area contributed by atoms with Crippen LogP contribution < -0.4 is 5.73 Å². The lowest BCUT2D eigenvalue weighted by molar-refractivity contribution is -0.137. The fourth-order valence-electron chi connectivity index (χ4n) is 1.98. The molecule has 0 saturated carbocycles. The van der Waals surface area contributed by atoms with Gasteiger partial charge in [-0.2, -0.15) is 18.3 Å². The Morgan fingerprint density at radius 1 is 1.30 bits per heavy atom. The molecule has 1 amide bonds. The number of carbonyl (C=O) groups is 1. The zero-order chi connectivity index (χ0) is 17.0. The van der Waals surface area contributed by atoms with E-state index in [9.17, 15) is 18.0 Å². The zero-order valence-electron chi connectivity index (χ0n) is 12.3. The number of nitrogens with two attached hydrogens (primary N) is 1. The molecule has 9 heteroatoms. The van der Waals surface area contributed by atoms with Crippen molar-refractivity contribution in [1.82, 2.24) is 14.8 Å². The van der Waals surface area contributed by atoms with Gasteiger partial charge in [-0.3, -0.25) is 4.79 Å². The molecule has 0 atom stereocenters. The van der Waals surface area contributed by atoms with E-state index in [0.717, 1.165) is 12.1 Å². The number of rotatable bonds is 6. The van der Waals surface area contributed by atoms with Crippen molar-refractivity contribution in [2.24, 2.45) is 5.73 Å². The number of carbonyl (C=O) groups excluding carboxylic acids is 1. The van der Waals surface area contributed by atoms with Gasteiger partial charge < -0.3 is 10.5 Å². The van der Waals surface area contributed by atoms with Crippen molar-refractivity contribution in [3.8, 4) is 5.69 Å². The summed E-state index contributed by atoms with van der Waals surface area (Å²) in [6.07, 6.45) is -4.16. The second kappa shape index (κ2) is 6.78. The summed E-state index contributed by atoms with van der Waals surface area (Å²) in [4.78, 5) is 15.2. The number of hydrogen-bond acceptors (Lipinski definition) is 4. The first-order valence-corrected chi connectivity index (χ1v) is 6.71. The normalized spacial score (nSPS) is 11.7. The highest BCUT2D eigenvalue weighted by molar-refractivity contribution is 5.75. The van der Waals surface area contributed by atoms with Crippen LogP contribution in [0.25, 0.3) is 5.69 Å². The number of alkyl halides is 3. The number of primary amides is 1. The van der Waals surface area contributed by atoms with Gasteiger partial charge in [-0.05, 0) is 24.3 Å². The molecule has 1 aromatic carbocycles. The Bertz CT molecular complexity index is 680. The van der Waals surface area contributed by atoms with E-state index in [0.29, 0.717) is 24.5 Å². The van der Waals surface area contributed by atoms with Crippen LogP contribution in [0.3, 0.4) is 0 Å². The van der Waals surface area contributed by atoms with E-state index in [2.05, 4.69) is 10.1 Å². The second-order valence-corrected chi connectivity index (χ2v) is 4.79. The third-order valence-electron chi connectivity index (χ3n) is 3.02. The van der Waals surface area contributed by atoms with Gasteiger partial charge in [-0.25, -0.2) is 9.67 Å². The molecule has 0 aliphatic heterocycles. The summed E-state index contributed by atoms with van der Waals surface area (Å²) in [6.45, 7) is 0.356. The minimum Gasteiger partial charge on any atom is -0.384 e. The predicted molar refractivity (Wildman–Crippen MR) is 74.8 cm³/mol. The molecule has 0 unspecified atom stereocenters. The number of hydrogen-bond donors (Lipinski definition) is 1. The maximum absolute atomic E-state index is 12.6. The summed E-state index contributed by atoms with van der Waals surface area (Å²) >= 11 is 0. The number of nitrogens with zero attached hydrogens (tertiary/aromatic N) is 3. The minimum atomic E-state index is -4.41. The molecule has 0 bridgehead atoms. The first-order chi connectivity index (χ1) is 10.8. The van der Waals surface area contributed by atoms with Gasteiger partial charge in [-0.1, -0.05) is 0 Å². The Labute approximate surface area is 130 Å². The molecule has 2 N–H and O–H groups in total. The van der Waals surface area contributed by atoms with Crippen molar-refractivity contribution in [2.75, 3.05) is 13.7 Å². The first-order valence-electron chi connectivity index (χ1n) is 6.71. The second-order valence-electron chi connectivity index (χ2n) is 4.79. The number of aromatic nitrogens is 3. The topological polar surface area (TPSA) is 83.0 Å². The quantitative estimate of drug-likeness (QED) is 0.871. The molecular weight excluding hydrogens is 313 g/mol. The van der Waals surface area contributed by atoms with E-state index in [1.807, 2.05) is 0 Å². The number of ether oxygens (including phenoxy) is 1. The summed E-state index contributed by atoms with van der Waals surface area (Å²) in [7, 11) is 1.52. The van der Waals surface area contributed by atoms with Crippen LogP contribution in [0.4, 0.5) is 13.2 Å². The van der Waals surface area contributed by atoms with Gasteiger partial charge in [-0.15, -0.1) is 0 Å². The molecule has 124 valence electrons. The molecule has 1 aromatic heterocycles. The van der Waals surface area contributed by atoms with Crippen LogP contribution in [0.15, 0.2) is 24.3 Å². The maximum atomic E-state index is 12.6. The van der Waals surface area contributed by atoms with E-state index >= 15 is 0 Å². The van der Waals surface area contributed by atoms with Crippen molar-refractivity contribution in [3.05, 3.63) is 41.5 Å². The fourth-order valence-corrected chi connectivity index (χ4v) is 1.98. The molecule has 0 fully saturated rings. The summed E-state index contributed by atoms with van der Waals surface area (Å²) in [5.41, 5.74) is 4.77. The van der Waals surface area contributed by atoms with Crippen molar-refractivity contribution in [3.63, 3.8) is 0 Å². The van der Waals surface area contributed by atoms with Gasteiger partial charge in [0.15, 0.2) is 5.82 Å². The highest BCUT2D eigenvalue weighted by Gasteiger charge is 2.30. The van der Waals surface area contributed by atoms with E-state index in [4.69, 9.17) is 10.5 Å². The summed E-state index contributed by atoms with van der Waals surface area (Å²) < 4.78 is 44.2. The average Bonchev–Trinajstić information content (AvgIpc) is 2.86. The van der Waals surface area contributed by atoms with Gasteiger partial charge in [0.05, 0.1) is 24.3 Å². The molecule has 23 heavy (non-hydrogen) atoms. The SMILES string of the molecule is COCCc1nc(CC(N)=O)nn1-c1ccc(C(F)(F)F)cc1. The molecular formula is C14H15F3N4O2. The molecule has 0 aliphatic carbocycles. The lowest BCUT2D eigenvalue weighted by Crippen LogP contribution is -2.14. The molecule has 6 nitrogen and oxygen atoms in total. The van der Waals surface area contributed by atoms with Crippen molar-refractivity contribution < 1.29 is 22.7 Å². The lowest BCUT2D eigenvalue weighted by atomic mass is 10.2. The first kappa shape index (κ1) is 16.9. The molecule has 0 aliphatic rings. The lowest BCUT2D eigenvalue weighted by Gasteiger charge is -2.09. The van der Waals surface area contributed by atoms with E-state index < -0.39 is 17.6 Å². The third kappa shape index (κ3) is 4.28. The van der Waals surface area contributed by atoms with Crippen LogP contribution in [0.5, 0.6) is 0 Å². The predicted octanol–water partition coefficient (Wildman–Crippen LogP) is 1.50. The number of halogens is 3. The Balaban J connectivity index is 2.35. The average molecular weight is 328 g/mol. The van der Waals surface area contributed by atoms with Crippen LogP contribution in [-0.4, -0.2) is 34.4 Å². The van der Waals surface area contributed by atoms with Crippen LogP contribution in [0, 0.1) is 0 Å². The van der Waals surface area contributed by atoms with Gasteiger partial charge in [0.2, 0.25) is 5.91 Å². The molecule has 0 saturated heterocycles. The van der Waals surface area contributed by atoms with Crippen LogP contribution >= 0.6 is 0 Å². The monoisotopic (exact) mass is 328 g/mol. The van der Waals surface area contributed by atoms with Crippen LogP contribution in [-0.2, 0) is 28.5 Å². The Hall–Kier alpha value is -2.42. The van der Waals surface area contributed by atoms with Gasteiger partial charge in [0, 0.05) is 13.5 Å². The number of amides is 1. The van der Waals surface area contributed by atoms with E-state index in [-0.39, 0.29) is 12.2 Å². The molecule has 0 spiro atoms. The highest BCUT2D eigenvalue weighted by atomic mass is 19.4. The summed E-state index contributed by atoms with van der Waals surface area (Å²) in [5.74, 6) is 0.0965. The van der Waals surface area contributed by atoms with Gasteiger partial charge in [0.25, 0.3) is 0 Å². The maximum Gasteiger partial charge on any atom is 0.416 e. The highest BCUT2D eigenvalue weighted by Crippen LogP contribution is 2.29. The molecule has 2 aromatic rings. The van der Waals surface area contributed by atoms with Crippen LogP contribution in [0.1, 0.15) is 17.2 Å².